The van der Waals surface area contributed by atoms with Crippen LogP contribution in [0.4, 0.5) is 4.39 Å². The Labute approximate surface area is 127 Å². The van der Waals surface area contributed by atoms with Crippen LogP contribution in [0.25, 0.3) is 11.5 Å². The molecule has 1 N–H and O–H groups in total. The molecule has 0 aliphatic rings. The van der Waals surface area contributed by atoms with Gasteiger partial charge in [0.2, 0.25) is 5.89 Å². The van der Waals surface area contributed by atoms with Crippen LogP contribution in [0.2, 0.25) is 0 Å². The lowest BCUT2D eigenvalue weighted by Crippen LogP contribution is -2.35. The summed E-state index contributed by atoms with van der Waals surface area (Å²) in [6, 6.07) is 5.21. The van der Waals surface area contributed by atoms with Gasteiger partial charge in [0.25, 0.3) is 0 Å². The van der Waals surface area contributed by atoms with E-state index in [1.807, 2.05) is 0 Å². The lowest BCUT2D eigenvalue weighted by Gasteiger charge is -2.19. The summed E-state index contributed by atoms with van der Waals surface area (Å²) in [5.74, 6) is -0.832. The molecule has 1 atom stereocenters. The Morgan fingerprint density at radius 3 is 2.62 bits per heavy atom. The smallest absolute Gasteiger partial charge is 0.320 e. The van der Waals surface area contributed by atoms with Crippen LogP contribution in [0, 0.1) is 5.82 Å². The minimum atomic E-state index is -0.894. The number of aromatic nitrogens is 1. The maximum absolute atomic E-state index is 12.8. The maximum atomic E-state index is 12.8. The number of carbonyl (C=O) groups is 1. The van der Waals surface area contributed by atoms with Gasteiger partial charge in [-0.05, 0) is 38.2 Å². The standard InChI is InChI=1S/C14H15FN2O3.ClH/c1-9(14(18)19)17(2)7-12-8-20-13(16-12)10-3-5-11(15)6-4-10;/h3-6,8-9H,7H2,1-2H3,(H,18,19);1H. The molecule has 5 nitrogen and oxygen atoms in total. The molecule has 1 unspecified atom stereocenters. The predicted molar refractivity (Wildman–Crippen MR) is 77.7 cm³/mol. The molecule has 0 bridgehead atoms. The van der Waals surface area contributed by atoms with E-state index in [2.05, 4.69) is 4.98 Å². The van der Waals surface area contributed by atoms with Crippen LogP contribution in [-0.4, -0.2) is 34.0 Å². The van der Waals surface area contributed by atoms with Crippen molar-refractivity contribution in [2.45, 2.75) is 19.5 Å². The molecule has 1 heterocycles. The van der Waals surface area contributed by atoms with Crippen LogP contribution >= 0.6 is 12.4 Å². The Morgan fingerprint density at radius 2 is 2.05 bits per heavy atom. The Bertz CT molecular complexity index is 601. The Kier molecular flexibility index (Phi) is 5.87. The Balaban J connectivity index is 0.00000220. The van der Waals surface area contributed by atoms with Gasteiger partial charge in [0, 0.05) is 12.1 Å². The van der Waals surface area contributed by atoms with E-state index in [0.29, 0.717) is 23.7 Å². The fourth-order valence-electron chi connectivity index (χ4n) is 1.69. The summed E-state index contributed by atoms with van der Waals surface area (Å²) in [6.45, 7) is 1.96. The van der Waals surface area contributed by atoms with Crippen molar-refractivity contribution in [2.75, 3.05) is 7.05 Å². The normalized spacial score (nSPS) is 12.0. The average Bonchev–Trinajstić information content (AvgIpc) is 2.87. The molecule has 114 valence electrons. The fourth-order valence-corrected chi connectivity index (χ4v) is 1.69. The Hall–Kier alpha value is -1.92. The number of nitrogens with zero attached hydrogens (tertiary/aromatic N) is 2. The molecular weight excluding hydrogens is 299 g/mol. The monoisotopic (exact) mass is 314 g/mol. The number of carboxylic acids is 1. The number of hydrogen-bond donors (Lipinski definition) is 1. The molecule has 0 saturated heterocycles. The second-order valence-electron chi connectivity index (χ2n) is 4.58. The largest absolute Gasteiger partial charge is 0.480 e. The van der Waals surface area contributed by atoms with E-state index in [4.69, 9.17) is 9.52 Å². The van der Waals surface area contributed by atoms with Crippen molar-refractivity contribution < 1.29 is 18.7 Å². The lowest BCUT2D eigenvalue weighted by molar-refractivity contribution is -0.142. The van der Waals surface area contributed by atoms with Gasteiger partial charge in [0.05, 0.1) is 5.69 Å². The number of oxazole rings is 1. The van der Waals surface area contributed by atoms with E-state index in [1.165, 1.54) is 18.4 Å². The fraction of sp³-hybridized carbons (Fsp3) is 0.286. The maximum Gasteiger partial charge on any atom is 0.320 e. The van der Waals surface area contributed by atoms with Crippen LogP contribution in [0.1, 0.15) is 12.6 Å². The van der Waals surface area contributed by atoms with Crippen molar-refractivity contribution in [3.63, 3.8) is 0 Å². The summed E-state index contributed by atoms with van der Waals surface area (Å²) < 4.78 is 18.2. The van der Waals surface area contributed by atoms with Gasteiger partial charge in [-0.25, -0.2) is 9.37 Å². The Morgan fingerprint density at radius 1 is 1.43 bits per heavy atom. The number of aliphatic carboxylic acids is 1. The van der Waals surface area contributed by atoms with Gasteiger partial charge in [-0.2, -0.15) is 0 Å². The first-order valence-corrected chi connectivity index (χ1v) is 6.11. The molecule has 0 radical (unpaired) electrons. The predicted octanol–water partition coefficient (Wildman–Crippen LogP) is 2.81. The molecular formula is C14H16ClFN2O3. The number of benzene rings is 1. The summed E-state index contributed by atoms with van der Waals surface area (Å²) >= 11 is 0. The van der Waals surface area contributed by atoms with Crippen LogP contribution in [0.5, 0.6) is 0 Å². The van der Waals surface area contributed by atoms with Crippen molar-refractivity contribution in [3.8, 4) is 11.5 Å². The first-order chi connectivity index (χ1) is 9.47. The van der Waals surface area contributed by atoms with E-state index in [1.54, 1.807) is 31.0 Å². The highest BCUT2D eigenvalue weighted by Gasteiger charge is 2.18. The van der Waals surface area contributed by atoms with Gasteiger partial charge in [-0.3, -0.25) is 9.69 Å². The van der Waals surface area contributed by atoms with Gasteiger partial charge in [-0.15, -0.1) is 12.4 Å². The zero-order chi connectivity index (χ0) is 14.7. The quantitative estimate of drug-likeness (QED) is 0.919. The molecule has 7 heteroatoms. The van der Waals surface area contributed by atoms with Crippen molar-refractivity contribution >= 4 is 18.4 Å². The molecule has 1 aromatic heterocycles. The molecule has 1 aromatic carbocycles. The molecule has 2 aromatic rings. The molecule has 2 rings (SSSR count). The number of hydrogen-bond acceptors (Lipinski definition) is 4. The molecule has 0 saturated carbocycles. The van der Waals surface area contributed by atoms with Gasteiger partial charge in [0.15, 0.2) is 0 Å². The van der Waals surface area contributed by atoms with Crippen LogP contribution in [0.3, 0.4) is 0 Å². The zero-order valence-corrected chi connectivity index (χ0v) is 12.4. The number of halogens is 2. The first-order valence-electron chi connectivity index (χ1n) is 6.11. The van der Waals surface area contributed by atoms with Gasteiger partial charge < -0.3 is 9.52 Å². The first kappa shape index (κ1) is 17.1. The van der Waals surface area contributed by atoms with Crippen molar-refractivity contribution in [2.24, 2.45) is 0 Å². The van der Waals surface area contributed by atoms with E-state index in [0.717, 1.165) is 0 Å². The molecule has 21 heavy (non-hydrogen) atoms. The van der Waals surface area contributed by atoms with E-state index in [9.17, 15) is 9.18 Å². The highest BCUT2D eigenvalue weighted by atomic mass is 35.5. The summed E-state index contributed by atoms with van der Waals surface area (Å²) in [4.78, 5) is 16.8. The summed E-state index contributed by atoms with van der Waals surface area (Å²) in [5.41, 5.74) is 1.30. The summed E-state index contributed by atoms with van der Waals surface area (Å²) in [7, 11) is 1.70. The van der Waals surface area contributed by atoms with Crippen LogP contribution in [0.15, 0.2) is 34.9 Å². The minimum absolute atomic E-state index is 0. The molecule has 0 amide bonds. The van der Waals surface area contributed by atoms with Crippen molar-refractivity contribution in [3.05, 3.63) is 42.0 Å². The number of likely N-dealkylation sites (N-methyl/N-ethyl adjacent to an activating group) is 1. The van der Waals surface area contributed by atoms with Crippen molar-refractivity contribution in [1.29, 1.82) is 0 Å². The van der Waals surface area contributed by atoms with Crippen molar-refractivity contribution in [1.82, 2.24) is 9.88 Å². The van der Waals surface area contributed by atoms with Gasteiger partial charge in [-0.1, -0.05) is 0 Å². The highest BCUT2D eigenvalue weighted by Crippen LogP contribution is 2.19. The average molecular weight is 315 g/mol. The number of rotatable bonds is 5. The SMILES string of the molecule is CC(C(=O)O)N(C)Cc1coc(-c2ccc(F)cc2)n1.Cl. The van der Waals surface area contributed by atoms with Gasteiger partial charge >= 0.3 is 5.97 Å². The number of carboxylic acid groups (broad SMARTS) is 1. The second kappa shape index (κ2) is 7.19. The highest BCUT2D eigenvalue weighted by molar-refractivity contribution is 5.85. The summed E-state index contributed by atoms with van der Waals surface area (Å²) in [5, 5.41) is 8.92. The second-order valence-corrected chi connectivity index (χ2v) is 4.58. The molecule has 0 spiro atoms. The third-order valence-corrected chi connectivity index (χ3v) is 3.07. The minimum Gasteiger partial charge on any atom is -0.480 e. The lowest BCUT2D eigenvalue weighted by atomic mass is 10.2. The van der Waals surface area contributed by atoms with Crippen LogP contribution < -0.4 is 0 Å². The van der Waals surface area contributed by atoms with E-state index < -0.39 is 12.0 Å². The van der Waals surface area contributed by atoms with E-state index in [-0.39, 0.29) is 18.2 Å². The van der Waals surface area contributed by atoms with E-state index >= 15 is 0 Å². The molecule has 0 aliphatic heterocycles. The van der Waals surface area contributed by atoms with Crippen LogP contribution in [-0.2, 0) is 11.3 Å². The molecule has 0 aliphatic carbocycles. The summed E-state index contributed by atoms with van der Waals surface area (Å²) in [6.07, 6.45) is 1.48. The third kappa shape index (κ3) is 4.27. The third-order valence-electron chi connectivity index (χ3n) is 3.07. The van der Waals surface area contributed by atoms with Gasteiger partial charge in [0.1, 0.15) is 18.1 Å². The topological polar surface area (TPSA) is 66.6 Å². The zero-order valence-electron chi connectivity index (χ0n) is 11.6. The molecule has 0 fully saturated rings.